The van der Waals surface area contributed by atoms with E-state index in [0.717, 1.165) is 5.69 Å². The Morgan fingerprint density at radius 2 is 1.78 bits per heavy atom. The zero-order valence-electron chi connectivity index (χ0n) is 12.7. The molecule has 0 aliphatic carbocycles. The topological polar surface area (TPSA) is 41.6 Å². The van der Waals surface area contributed by atoms with E-state index in [9.17, 15) is 13.6 Å². The first-order valence-electron chi connectivity index (χ1n) is 7.15. The van der Waals surface area contributed by atoms with Crippen LogP contribution in [0.4, 0.5) is 14.5 Å². The first-order chi connectivity index (χ1) is 11.1. The number of benzene rings is 2. The number of hydrogen-bond donors (Lipinski definition) is 1. The molecule has 0 saturated carbocycles. The van der Waals surface area contributed by atoms with Crippen LogP contribution in [0.1, 0.15) is 10.4 Å². The standard InChI is InChI=1S/C17H18F2N2O2/c1-21(14-5-3-2-4-6-14)12-11-20-16(22)13-7-9-15(10-8-13)23-17(18)19/h2-10,17H,11-12H2,1H3,(H,20,22). The first kappa shape index (κ1) is 16.7. The lowest BCUT2D eigenvalue weighted by atomic mass is 10.2. The summed E-state index contributed by atoms with van der Waals surface area (Å²) in [6, 6.07) is 15.4. The number of likely N-dealkylation sites (N-methyl/N-ethyl adjacent to an activating group) is 1. The summed E-state index contributed by atoms with van der Waals surface area (Å²) in [5.41, 5.74) is 1.46. The number of nitrogens with zero attached hydrogens (tertiary/aromatic N) is 1. The number of ether oxygens (including phenoxy) is 1. The molecule has 0 heterocycles. The smallest absolute Gasteiger partial charge is 0.387 e. The van der Waals surface area contributed by atoms with Crippen molar-refractivity contribution < 1.29 is 18.3 Å². The van der Waals surface area contributed by atoms with E-state index in [-0.39, 0.29) is 11.7 Å². The van der Waals surface area contributed by atoms with Crippen LogP contribution in [0.5, 0.6) is 5.75 Å². The summed E-state index contributed by atoms with van der Waals surface area (Å²) in [6.45, 7) is -1.75. The molecular weight excluding hydrogens is 302 g/mol. The van der Waals surface area contributed by atoms with Gasteiger partial charge in [-0.15, -0.1) is 0 Å². The largest absolute Gasteiger partial charge is 0.435 e. The van der Waals surface area contributed by atoms with E-state index < -0.39 is 6.61 Å². The summed E-state index contributed by atoms with van der Waals surface area (Å²) >= 11 is 0. The van der Waals surface area contributed by atoms with Crippen molar-refractivity contribution in [1.82, 2.24) is 5.32 Å². The highest BCUT2D eigenvalue weighted by Crippen LogP contribution is 2.15. The molecule has 0 saturated heterocycles. The molecular formula is C17H18F2N2O2. The number of amides is 1. The fourth-order valence-corrected chi connectivity index (χ4v) is 2.04. The monoisotopic (exact) mass is 320 g/mol. The molecule has 0 unspecified atom stereocenters. The molecule has 2 aromatic rings. The van der Waals surface area contributed by atoms with Gasteiger partial charge in [0, 0.05) is 31.4 Å². The quantitative estimate of drug-likeness (QED) is 0.852. The summed E-state index contributed by atoms with van der Waals surface area (Å²) in [5, 5.41) is 2.79. The number of hydrogen-bond acceptors (Lipinski definition) is 3. The Balaban J connectivity index is 1.80. The molecule has 0 spiro atoms. The second kappa shape index (κ2) is 8.12. The molecule has 0 aliphatic heterocycles. The van der Waals surface area contributed by atoms with E-state index in [1.165, 1.54) is 24.3 Å². The highest BCUT2D eigenvalue weighted by Gasteiger charge is 2.08. The van der Waals surface area contributed by atoms with Crippen LogP contribution in [0.3, 0.4) is 0 Å². The summed E-state index contributed by atoms with van der Waals surface area (Å²) in [4.78, 5) is 14.0. The van der Waals surface area contributed by atoms with Crippen molar-refractivity contribution in [2.75, 3.05) is 25.0 Å². The van der Waals surface area contributed by atoms with Crippen molar-refractivity contribution in [3.8, 4) is 5.75 Å². The van der Waals surface area contributed by atoms with Gasteiger partial charge < -0.3 is 15.0 Å². The van der Waals surface area contributed by atoms with Crippen molar-refractivity contribution in [2.24, 2.45) is 0 Å². The van der Waals surface area contributed by atoms with Crippen molar-refractivity contribution >= 4 is 11.6 Å². The van der Waals surface area contributed by atoms with Crippen LogP contribution in [0.25, 0.3) is 0 Å². The third kappa shape index (κ3) is 5.25. The normalized spacial score (nSPS) is 10.4. The van der Waals surface area contributed by atoms with E-state index in [1.807, 2.05) is 42.3 Å². The molecule has 4 nitrogen and oxygen atoms in total. The second-order valence-electron chi connectivity index (χ2n) is 4.92. The van der Waals surface area contributed by atoms with Crippen molar-refractivity contribution in [1.29, 1.82) is 0 Å². The van der Waals surface area contributed by atoms with Gasteiger partial charge in [-0.3, -0.25) is 4.79 Å². The SMILES string of the molecule is CN(CCNC(=O)c1ccc(OC(F)F)cc1)c1ccccc1. The lowest BCUT2D eigenvalue weighted by Gasteiger charge is -2.19. The predicted molar refractivity (Wildman–Crippen MR) is 85.1 cm³/mol. The van der Waals surface area contributed by atoms with Crippen LogP contribution in [0.2, 0.25) is 0 Å². The molecule has 1 N–H and O–H groups in total. The predicted octanol–water partition coefficient (Wildman–Crippen LogP) is 3.15. The fraction of sp³-hybridized carbons (Fsp3) is 0.235. The Labute approximate surface area is 133 Å². The van der Waals surface area contributed by atoms with Crippen LogP contribution in [-0.4, -0.2) is 32.7 Å². The highest BCUT2D eigenvalue weighted by molar-refractivity contribution is 5.94. The summed E-state index contributed by atoms with van der Waals surface area (Å²) in [7, 11) is 1.94. The Morgan fingerprint density at radius 1 is 1.13 bits per heavy atom. The number of carbonyl (C=O) groups excluding carboxylic acids is 1. The number of rotatable bonds is 7. The number of anilines is 1. The van der Waals surface area contributed by atoms with E-state index in [0.29, 0.717) is 18.7 Å². The van der Waals surface area contributed by atoms with Crippen LogP contribution < -0.4 is 15.0 Å². The number of para-hydroxylation sites is 1. The summed E-state index contributed by atoms with van der Waals surface area (Å²) < 4.78 is 28.4. The minimum absolute atomic E-state index is 0.0281. The van der Waals surface area contributed by atoms with Gasteiger partial charge >= 0.3 is 6.61 Å². The van der Waals surface area contributed by atoms with Gasteiger partial charge in [-0.25, -0.2) is 0 Å². The molecule has 23 heavy (non-hydrogen) atoms. The van der Waals surface area contributed by atoms with Gasteiger partial charge in [-0.2, -0.15) is 8.78 Å². The van der Waals surface area contributed by atoms with Gasteiger partial charge in [-0.05, 0) is 36.4 Å². The number of alkyl halides is 2. The van der Waals surface area contributed by atoms with Crippen LogP contribution in [0.15, 0.2) is 54.6 Å². The highest BCUT2D eigenvalue weighted by atomic mass is 19.3. The molecule has 122 valence electrons. The molecule has 0 radical (unpaired) electrons. The maximum Gasteiger partial charge on any atom is 0.387 e. The van der Waals surface area contributed by atoms with E-state index >= 15 is 0 Å². The molecule has 0 aromatic heterocycles. The van der Waals surface area contributed by atoms with Gasteiger partial charge in [0.2, 0.25) is 0 Å². The van der Waals surface area contributed by atoms with Gasteiger partial charge in [0.15, 0.2) is 0 Å². The van der Waals surface area contributed by atoms with E-state index in [4.69, 9.17) is 0 Å². The molecule has 0 aliphatic rings. The molecule has 0 atom stereocenters. The molecule has 2 rings (SSSR count). The van der Waals surface area contributed by atoms with Crippen molar-refractivity contribution in [3.05, 3.63) is 60.2 Å². The first-order valence-corrected chi connectivity index (χ1v) is 7.15. The number of nitrogens with one attached hydrogen (secondary N) is 1. The van der Waals surface area contributed by atoms with Crippen molar-refractivity contribution in [3.63, 3.8) is 0 Å². The minimum Gasteiger partial charge on any atom is -0.435 e. The van der Waals surface area contributed by atoms with Crippen LogP contribution in [-0.2, 0) is 0 Å². The summed E-state index contributed by atoms with van der Waals surface area (Å²) in [5.74, 6) is -0.226. The zero-order chi connectivity index (χ0) is 16.7. The molecule has 6 heteroatoms. The lowest BCUT2D eigenvalue weighted by molar-refractivity contribution is -0.0498. The maximum absolute atomic E-state index is 12.1. The van der Waals surface area contributed by atoms with Crippen LogP contribution in [0, 0.1) is 0 Å². The number of carbonyl (C=O) groups is 1. The van der Waals surface area contributed by atoms with E-state index in [1.54, 1.807) is 0 Å². The minimum atomic E-state index is -2.87. The Bertz CT molecular complexity index is 618. The van der Waals surface area contributed by atoms with Gasteiger partial charge in [-0.1, -0.05) is 18.2 Å². The zero-order valence-corrected chi connectivity index (χ0v) is 12.7. The van der Waals surface area contributed by atoms with Crippen LogP contribution >= 0.6 is 0 Å². The average molecular weight is 320 g/mol. The third-order valence-electron chi connectivity index (χ3n) is 3.27. The molecule has 0 bridgehead atoms. The Hall–Kier alpha value is -2.63. The maximum atomic E-state index is 12.1. The Kier molecular flexibility index (Phi) is 5.91. The fourth-order valence-electron chi connectivity index (χ4n) is 2.04. The molecule has 0 fully saturated rings. The molecule has 2 aromatic carbocycles. The second-order valence-corrected chi connectivity index (χ2v) is 4.92. The Morgan fingerprint density at radius 3 is 2.39 bits per heavy atom. The molecule has 1 amide bonds. The van der Waals surface area contributed by atoms with Gasteiger partial charge in [0.25, 0.3) is 5.91 Å². The lowest BCUT2D eigenvalue weighted by Crippen LogP contribution is -2.32. The van der Waals surface area contributed by atoms with Gasteiger partial charge in [0.1, 0.15) is 5.75 Å². The third-order valence-corrected chi connectivity index (χ3v) is 3.27. The van der Waals surface area contributed by atoms with Crippen molar-refractivity contribution in [2.45, 2.75) is 6.61 Å². The van der Waals surface area contributed by atoms with E-state index in [2.05, 4.69) is 10.1 Å². The average Bonchev–Trinajstić information content (AvgIpc) is 2.55. The number of halogens is 2. The van der Waals surface area contributed by atoms with Gasteiger partial charge in [0.05, 0.1) is 0 Å². The summed E-state index contributed by atoms with van der Waals surface area (Å²) in [6.07, 6.45) is 0.